The van der Waals surface area contributed by atoms with Gasteiger partial charge in [0, 0.05) is 98.1 Å². The maximum absolute atomic E-state index is 14.9. The molecular weight excluding hydrogens is 1770 g/mol. The highest BCUT2D eigenvalue weighted by Gasteiger charge is 2.31. The number of hydrogen-bond acceptors (Lipinski definition) is 8. The second kappa shape index (κ2) is 35.2. The first-order valence-electron chi connectivity index (χ1n) is 48.6. The van der Waals surface area contributed by atoms with Crippen molar-refractivity contribution in [3.05, 3.63) is 516 Å². The molecule has 0 N–H and O–H groups in total. The van der Waals surface area contributed by atoms with Crippen LogP contribution >= 0.6 is 7.14 Å². The smallest absolute Gasteiger partial charge is 0.171 e. The number of imidazole rings is 3. The van der Waals surface area contributed by atoms with E-state index < -0.39 is 7.14 Å². The van der Waals surface area contributed by atoms with Crippen LogP contribution < -0.4 is 20.8 Å². The Bertz CT molecular complexity index is 9970. The molecule has 674 valence electrons. The van der Waals surface area contributed by atoms with Crippen molar-refractivity contribution in [2.24, 2.45) is 0 Å². The van der Waals surface area contributed by atoms with Crippen molar-refractivity contribution in [3.63, 3.8) is 0 Å². The summed E-state index contributed by atoms with van der Waals surface area (Å²) in [5.74, 6) is 1.95. The Kier molecular flexibility index (Phi) is 20.6. The molecule has 7 aromatic heterocycles. The van der Waals surface area contributed by atoms with E-state index in [2.05, 4.69) is 394 Å². The molecule has 0 amide bonds. The van der Waals surface area contributed by atoms with E-state index in [-0.39, 0.29) is 0 Å². The Morgan fingerprint density at radius 1 is 0.174 bits per heavy atom. The van der Waals surface area contributed by atoms with Gasteiger partial charge in [-0.1, -0.05) is 394 Å². The first-order valence-corrected chi connectivity index (χ1v) is 50.3. The van der Waals surface area contributed by atoms with Gasteiger partial charge < -0.3 is 9.46 Å². The minimum atomic E-state index is -3.04. The lowest BCUT2D eigenvalue weighted by molar-refractivity contribution is 0.592. The van der Waals surface area contributed by atoms with Gasteiger partial charge in [0.25, 0.3) is 0 Å². The molecule has 0 aliphatic rings. The van der Waals surface area contributed by atoms with Gasteiger partial charge in [0.2, 0.25) is 0 Å². The number of hydrogen-bond donors (Lipinski definition) is 0. The van der Waals surface area contributed by atoms with Gasteiger partial charge in [-0.25, -0.2) is 29.9 Å². The molecule has 0 bridgehead atoms. The summed E-state index contributed by atoms with van der Waals surface area (Å²) in [5.41, 5.74) is 28.0. The van der Waals surface area contributed by atoms with Gasteiger partial charge in [-0.2, -0.15) is 0 Å². The minimum Gasteiger partial charge on any atom is -0.310 e. The van der Waals surface area contributed by atoms with E-state index in [0.717, 1.165) is 155 Å². The largest absolute Gasteiger partial charge is 0.310 e. The van der Waals surface area contributed by atoms with E-state index in [1.165, 1.54) is 86.9 Å². The molecule has 12 heteroatoms. The van der Waals surface area contributed by atoms with E-state index in [4.69, 9.17) is 29.9 Å². The summed E-state index contributed by atoms with van der Waals surface area (Å²) in [5, 5.41) is 20.5. The number of pyridine rings is 3. The van der Waals surface area contributed by atoms with Crippen LogP contribution in [0.5, 0.6) is 0 Å². The van der Waals surface area contributed by atoms with Crippen molar-refractivity contribution in [2.45, 2.75) is 0 Å². The fraction of sp³-hybridized carbons (Fsp3) is 0. The lowest BCUT2D eigenvalue weighted by Crippen LogP contribution is -2.24. The fourth-order valence-electron chi connectivity index (χ4n) is 21.5. The topological polar surface area (TPSA) is 111 Å². The third-order valence-electron chi connectivity index (χ3n) is 28.4. The average molecular weight is 1860 g/mol. The molecule has 11 nitrogen and oxygen atoms in total. The highest BCUT2D eigenvalue weighted by molar-refractivity contribution is 7.85. The molecule has 0 spiro atoms. The molecule has 7 heterocycles. The summed E-state index contributed by atoms with van der Waals surface area (Å²) in [6, 6.07) is 180. The van der Waals surface area contributed by atoms with E-state index >= 15 is 0 Å². The van der Waals surface area contributed by atoms with Crippen LogP contribution in [-0.2, 0) is 4.57 Å². The van der Waals surface area contributed by atoms with Crippen molar-refractivity contribution in [3.8, 4) is 78.7 Å². The predicted molar refractivity (Wildman–Crippen MR) is 601 cm³/mol. The Morgan fingerprint density at radius 2 is 0.431 bits per heavy atom. The van der Waals surface area contributed by atoms with Crippen LogP contribution in [0.4, 0.5) is 17.1 Å². The maximum atomic E-state index is 14.9. The standard InChI is InChI=1S/C47H31N3.C44H27N5.C41H27N2OP/c1-3-11-32(12-4-1)34-19-24-37(25-20-34)49(38-26-21-35(22-27-38)33-13-5-2-6-14-33)39-28-30-44-42(31-39)46-40-16-8-7-15-36(40)23-29-41(46)47-48-43-17-9-10-18-45(43)50(44)47;1-3-12-30(13-4-1)41-46-42(31-14-5-2-6-15-31)48-43(47-41)32-21-19-28(20-22-32)33-24-26-38-36(27-33)40-34-16-8-7-11-29(34)23-25-35(40)44-45-37-17-9-10-18-39(37)49(38)44;44-45(31-12-3-1-4-13-31,32-14-5-2-6-15-32)33-23-19-28(20-24-33)30-22-26-38-36(27-30)40-34-16-8-7-11-29(34)21-25-35(40)41-42-37-17-9-10-18-39(37)43(38)41/h1-31H;1-27H;1-27H. The van der Waals surface area contributed by atoms with E-state index in [9.17, 15) is 4.57 Å². The molecular formula is C132H85N10OP. The molecule has 29 rings (SSSR count). The summed E-state index contributed by atoms with van der Waals surface area (Å²) >= 11 is 0. The summed E-state index contributed by atoms with van der Waals surface area (Å²) < 4.78 is 21.8. The van der Waals surface area contributed by atoms with Crippen LogP contribution in [-0.4, -0.2) is 43.1 Å². The van der Waals surface area contributed by atoms with Gasteiger partial charge in [-0.15, -0.1) is 0 Å². The van der Waals surface area contributed by atoms with Crippen molar-refractivity contribution in [2.75, 3.05) is 4.90 Å². The zero-order valence-corrected chi connectivity index (χ0v) is 78.8. The zero-order valence-electron chi connectivity index (χ0n) is 77.9. The Hall–Kier alpha value is -18.9. The van der Waals surface area contributed by atoms with Crippen LogP contribution in [0.25, 0.3) is 226 Å². The monoisotopic (exact) mass is 1860 g/mol. The normalized spacial score (nSPS) is 11.8. The summed E-state index contributed by atoms with van der Waals surface area (Å²) in [6.45, 7) is 0. The third kappa shape index (κ3) is 14.5. The van der Waals surface area contributed by atoms with Gasteiger partial charge in [0.05, 0.1) is 49.7 Å². The number of benzene rings is 22. The molecule has 0 radical (unpaired) electrons. The number of fused-ring (bicyclic) bond motifs is 30. The molecule has 22 aromatic carbocycles. The lowest BCUT2D eigenvalue weighted by atomic mass is 9.96. The van der Waals surface area contributed by atoms with Gasteiger partial charge >= 0.3 is 0 Å². The van der Waals surface area contributed by atoms with Gasteiger partial charge in [-0.3, -0.25) is 13.2 Å². The van der Waals surface area contributed by atoms with Gasteiger partial charge in [0.1, 0.15) is 16.9 Å². The predicted octanol–water partition coefficient (Wildman–Crippen LogP) is 32.8. The number of rotatable bonds is 13. The van der Waals surface area contributed by atoms with Crippen molar-refractivity contribution in [1.29, 1.82) is 0 Å². The zero-order chi connectivity index (χ0) is 95.3. The molecule has 0 aliphatic carbocycles. The summed E-state index contributed by atoms with van der Waals surface area (Å²) in [6.07, 6.45) is 0. The van der Waals surface area contributed by atoms with E-state index in [1.54, 1.807) is 0 Å². The molecule has 0 saturated heterocycles. The number of para-hydroxylation sites is 6. The van der Waals surface area contributed by atoms with Crippen LogP contribution in [0.15, 0.2) is 516 Å². The Balaban J connectivity index is 0.000000108. The highest BCUT2D eigenvalue weighted by atomic mass is 31.2. The lowest BCUT2D eigenvalue weighted by Gasteiger charge is -2.26. The second-order valence-electron chi connectivity index (χ2n) is 36.7. The first-order chi connectivity index (χ1) is 71.3. The molecule has 0 unspecified atom stereocenters. The highest BCUT2D eigenvalue weighted by Crippen LogP contribution is 2.48. The van der Waals surface area contributed by atoms with Gasteiger partial charge in [0.15, 0.2) is 24.6 Å². The van der Waals surface area contributed by atoms with E-state index in [0.29, 0.717) is 17.5 Å². The maximum Gasteiger partial charge on any atom is 0.171 e. The molecule has 0 fully saturated rings. The third-order valence-corrected chi connectivity index (χ3v) is 31.5. The fourth-order valence-corrected chi connectivity index (χ4v) is 24.2. The van der Waals surface area contributed by atoms with Crippen LogP contribution in [0.2, 0.25) is 0 Å². The number of anilines is 3. The quantitative estimate of drug-likeness (QED) is 0.0829. The molecule has 29 aromatic rings. The second-order valence-corrected chi connectivity index (χ2v) is 39.4. The summed E-state index contributed by atoms with van der Waals surface area (Å²) in [4.78, 5) is 32.5. The SMILES string of the molecule is O=P(c1ccccc1)(c1ccccc1)c1ccc(-c2ccc3c(c2)c2c4ccccc4ccc2c2nc4ccccc4n32)cc1.c1ccc(-c2ccc(N(c3ccc(-c4ccccc4)cc3)c3ccc4c(c3)c3c5ccccc5ccc3c3nc5ccccc5n43)cc2)cc1.c1ccc(-c2nc(-c3ccccc3)nc(-c3ccc(-c4ccc5c(c4)c4c6ccccc6ccc4c4nc6ccccc6n54)cc3)n2)cc1. The molecule has 0 atom stereocenters. The number of aromatic nitrogens is 9. The van der Waals surface area contributed by atoms with Crippen molar-refractivity contribution >= 4 is 188 Å². The molecule has 144 heavy (non-hydrogen) atoms. The summed E-state index contributed by atoms with van der Waals surface area (Å²) in [7, 11) is -3.04. The Morgan fingerprint density at radius 3 is 0.806 bits per heavy atom. The van der Waals surface area contributed by atoms with Crippen LogP contribution in [0.3, 0.4) is 0 Å². The van der Waals surface area contributed by atoms with Crippen LogP contribution in [0, 0.1) is 0 Å². The number of nitrogens with zero attached hydrogens (tertiary/aromatic N) is 10. The van der Waals surface area contributed by atoms with E-state index in [1.807, 2.05) is 140 Å². The van der Waals surface area contributed by atoms with Crippen LogP contribution in [0.1, 0.15) is 0 Å². The molecule has 0 aliphatic heterocycles. The minimum absolute atomic E-state index is 0.643. The van der Waals surface area contributed by atoms with Gasteiger partial charge in [-0.05, 0) is 198 Å². The molecule has 0 saturated carbocycles. The average Bonchev–Trinajstić information content (AvgIpc) is 1.51. The first kappa shape index (κ1) is 84.4. The van der Waals surface area contributed by atoms with Crippen molar-refractivity contribution in [1.82, 2.24) is 43.1 Å². The van der Waals surface area contributed by atoms with Crippen molar-refractivity contribution < 1.29 is 4.57 Å². The Labute approximate surface area is 828 Å².